The van der Waals surface area contributed by atoms with Crippen LogP contribution >= 0.6 is 0 Å². The molecular weight excluding hydrogens is 184 g/mol. The number of benzene rings is 1. The van der Waals surface area contributed by atoms with E-state index in [1.165, 1.54) is 31.2 Å². The monoisotopic (exact) mass is 204 g/mol. The van der Waals surface area contributed by atoms with E-state index >= 15 is 0 Å². The Bertz CT molecular complexity index is 318. The second-order valence-corrected chi connectivity index (χ2v) is 4.89. The summed E-state index contributed by atoms with van der Waals surface area (Å²) in [5.41, 5.74) is 14.5. The van der Waals surface area contributed by atoms with Crippen molar-refractivity contribution in [3.05, 3.63) is 23.8 Å². The lowest BCUT2D eigenvalue weighted by Crippen LogP contribution is -2.11. The molecule has 15 heavy (non-hydrogen) atoms. The maximum absolute atomic E-state index is 5.81. The molecule has 0 spiro atoms. The van der Waals surface area contributed by atoms with Gasteiger partial charge in [0.15, 0.2) is 0 Å². The summed E-state index contributed by atoms with van der Waals surface area (Å²) in [5, 5.41) is 0. The van der Waals surface area contributed by atoms with E-state index in [2.05, 4.69) is 19.1 Å². The normalized spacial score (nSPS) is 26.5. The number of anilines is 2. The topological polar surface area (TPSA) is 52.0 Å². The van der Waals surface area contributed by atoms with E-state index in [9.17, 15) is 0 Å². The minimum absolute atomic E-state index is 0.673. The molecule has 0 amide bonds. The van der Waals surface area contributed by atoms with E-state index in [0.717, 1.165) is 17.3 Å². The maximum Gasteiger partial charge on any atom is 0.0337 e. The molecule has 2 rings (SSSR count). The zero-order valence-corrected chi connectivity index (χ0v) is 9.37. The summed E-state index contributed by atoms with van der Waals surface area (Å²) in [5.74, 6) is 1.56. The molecule has 0 unspecified atom stereocenters. The van der Waals surface area contributed by atoms with Gasteiger partial charge in [-0.1, -0.05) is 19.8 Å². The van der Waals surface area contributed by atoms with E-state index in [1.54, 1.807) is 0 Å². The molecule has 0 heterocycles. The second-order valence-electron chi connectivity index (χ2n) is 4.89. The van der Waals surface area contributed by atoms with Crippen LogP contribution in [0.3, 0.4) is 0 Å². The van der Waals surface area contributed by atoms with Gasteiger partial charge in [0, 0.05) is 11.4 Å². The highest BCUT2D eigenvalue weighted by molar-refractivity contribution is 5.55. The smallest absolute Gasteiger partial charge is 0.0337 e. The van der Waals surface area contributed by atoms with Crippen molar-refractivity contribution in [3.63, 3.8) is 0 Å². The van der Waals surface area contributed by atoms with Crippen molar-refractivity contribution in [1.82, 2.24) is 0 Å². The van der Waals surface area contributed by atoms with Gasteiger partial charge in [-0.2, -0.15) is 0 Å². The summed E-state index contributed by atoms with van der Waals surface area (Å²) in [7, 11) is 0. The summed E-state index contributed by atoms with van der Waals surface area (Å²) in [6.45, 7) is 2.34. The van der Waals surface area contributed by atoms with Gasteiger partial charge in [-0.3, -0.25) is 0 Å². The van der Waals surface area contributed by atoms with E-state index in [0.29, 0.717) is 5.92 Å². The number of nitrogens with two attached hydrogens (primary N) is 2. The largest absolute Gasteiger partial charge is 0.399 e. The van der Waals surface area contributed by atoms with E-state index < -0.39 is 0 Å². The first-order chi connectivity index (χ1) is 7.15. The second kappa shape index (κ2) is 4.13. The summed E-state index contributed by atoms with van der Waals surface area (Å²) < 4.78 is 0. The van der Waals surface area contributed by atoms with E-state index in [1.807, 2.05) is 6.07 Å². The Labute approximate surface area is 91.7 Å². The van der Waals surface area contributed by atoms with E-state index in [-0.39, 0.29) is 0 Å². The van der Waals surface area contributed by atoms with Crippen molar-refractivity contribution in [2.24, 2.45) is 5.92 Å². The van der Waals surface area contributed by atoms with Crippen LogP contribution in [0, 0.1) is 5.92 Å². The number of hydrogen-bond donors (Lipinski definition) is 2. The molecule has 4 N–H and O–H groups in total. The zero-order chi connectivity index (χ0) is 10.8. The van der Waals surface area contributed by atoms with Crippen molar-refractivity contribution in [2.75, 3.05) is 11.5 Å². The van der Waals surface area contributed by atoms with Crippen LogP contribution in [0.25, 0.3) is 0 Å². The quantitative estimate of drug-likeness (QED) is 0.690. The molecule has 1 aliphatic rings. The van der Waals surface area contributed by atoms with Crippen molar-refractivity contribution in [3.8, 4) is 0 Å². The van der Waals surface area contributed by atoms with Crippen LogP contribution in [0.4, 0.5) is 11.4 Å². The molecule has 0 bridgehead atoms. The van der Waals surface area contributed by atoms with Gasteiger partial charge < -0.3 is 11.5 Å². The fourth-order valence-corrected chi connectivity index (χ4v) is 2.53. The van der Waals surface area contributed by atoms with Crippen molar-refractivity contribution < 1.29 is 0 Å². The summed E-state index contributed by atoms with van der Waals surface area (Å²) in [6.07, 6.45) is 5.23. The van der Waals surface area contributed by atoms with Crippen LogP contribution in [0.1, 0.15) is 44.1 Å². The molecule has 0 radical (unpaired) electrons. The van der Waals surface area contributed by atoms with Gasteiger partial charge >= 0.3 is 0 Å². The zero-order valence-electron chi connectivity index (χ0n) is 9.37. The SMILES string of the molecule is CC1CCC(c2cc(N)cc(N)c2)CC1. The number of rotatable bonds is 1. The van der Waals surface area contributed by atoms with Gasteiger partial charge in [0.2, 0.25) is 0 Å². The third-order valence-electron chi connectivity index (χ3n) is 3.49. The molecule has 0 aromatic heterocycles. The van der Waals surface area contributed by atoms with Crippen LogP contribution in [0.2, 0.25) is 0 Å². The van der Waals surface area contributed by atoms with Crippen LogP contribution in [0.5, 0.6) is 0 Å². The third kappa shape index (κ3) is 2.44. The Hall–Kier alpha value is -1.18. The molecule has 0 saturated heterocycles. The first kappa shape index (κ1) is 10.3. The van der Waals surface area contributed by atoms with Crippen LogP contribution in [0.15, 0.2) is 18.2 Å². The fraction of sp³-hybridized carbons (Fsp3) is 0.538. The average molecular weight is 204 g/mol. The average Bonchev–Trinajstić information content (AvgIpc) is 2.17. The molecule has 1 saturated carbocycles. The highest BCUT2D eigenvalue weighted by atomic mass is 14.6. The first-order valence-electron chi connectivity index (χ1n) is 5.81. The highest BCUT2D eigenvalue weighted by Gasteiger charge is 2.19. The van der Waals surface area contributed by atoms with Gasteiger partial charge in [-0.25, -0.2) is 0 Å². The highest BCUT2D eigenvalue weighted by Crippen LogP contribution is 2.36. The Morgan fingerprint density at radius 3 is 2.00 bits per heavy atom. The summed E-state index contributed by atoms with van der Waals surface area (Å²) in [4.78, 5) is 0. The molecule has 1 aromatic rings. The Balaban J connectivity index is 2.15. The molecule has 0 aliphatic heterocycles. The molecule has 1 aliphatic carbocycles. The van der Waals surface area contributed by atoms with Gasteiger partial charge in [0.25, 0.3) is 0 Å². The molecule has 1 aromatic carbocycles. The summed E-state index contributed by atoms with van der Waals surface area (Å²) in [6, 6.07) is 5.99. The molecule has 2 nitrogen and oxygen atoms in total. The van der Waals surface area contributed by atoms with Crippen molar-refractivity contribution in [1.29, 1.82) is 0 Å². The van der Waals surface area contributed by atoms with Gasteiger partial charge in [0.05, 0.1) is 0 Å². The lowest BCUT2D eigenvalue weighted by atomic mass is 9.79. The Morgan fingerprint density at radius 1 is 0.933 bits per heavy atom. The van der Waals surface area contributed by atoms with Gasteiger partial charge in [-0.15, -0.1) is 0 Å². The summed E-state index contributed by atoms with van der Waals surface area (Å²) >= 11 is 0. The standard InChI is InChI=1S/C13H20N2/c1-9-2-4-10(5-3-9)11-6-12(14)8-13(15)7-11/h6-10H,2-5,14-15H2,1H3. The third-order valence-corrected chi connectivity index (χ3v) is 3.49. The molecule has 2 heteroatoms. The van der Waals surface area contributed by atoms with Crippen LogP contribution in [-0.2, 0) is 0 Å². The fourth-order valence-electron chi connectivity index (χ4n) is 2.53. The van der Waals surface area contributed by atoms with Crippen LogP contribution < -0.4 is 11.5 Å². The lowest BCUT2D eigenvalue weighted by Gasteiger charge is -2.26. The minimum Gasteiger partial charge on any atom is -0.399 e. The van der Waals surface area contributed by atoms with Gasteiger partial charge in [0.1, 0.15) is 0 Å². The van der Waals surface area contributed by atoms with Gasteiger partial charge in [-0.05, 0) is 48.4 Å². The molecule has 0 atom stereocenters. The van der Waals surface area contributed by atoms with Crippen molar-refractivity contribution in [2.45, 2.75) is 38.5 Å². The molecule has 82 valence electrons. The van der Waals surface area contributed by atoms with E-state index in [4.69, 9.17) is 11.5 Å². The molecular formula is C13H20N2. The number of hydrogen-bond acceptors (Lipinski definition) is 2. The van der Waals surface area contributed by atoms with Crippen LogP contribution in [-0.4, -0.2) is 0 Å². The number of nitrogen functional groups attached to an aromatic ring is 2. The Kier molecular flexibility index (Phi) is 2.85. The first-order valence-corrected chi connectivity index (χ1v) is 5.81. The van der Waals surface area contributed by atoms with Crippen molar-refractivity contribution >= 4 is 11.4 Å². The maximum atomic E-state index is 5.81. The Morgan fingerprint density at radius 2 is 1.47 bits per heavy atom. The lowest BCUT2D eigenvalue weighted by molar-refractivity contribution is 0.348. The predicted octanol–water partition coefficient (Wildman–Crippen LogP) is 3.14. The minimum atomic E-state index is 0.673. The molecule has 1 fully saturated rings. The predicted molar refractivity (Wildman–Crippen MR) is 65.6 cm³/mol.